The molecule has 8 heteroatoms. The van der Waals surface area contributed by atoms with E-state index in [0.29, 0.717) is 38.5 Å². The molecule has 1 aliphatic heterocycles. The highest BCUT2D eigenvalue weighted by Gasteiger charge is 2.22. The molecule has 1 amide bonds. The molecular formula is C25H28N4O4. The number of nitrogens with zero attached hydrogens (tertiary/aromatic N) is 4. The molecule has 0 N–H and O–H groups in total. The van der Waals surface area contributed by atoms with E-state index in [-0.39, 0.29) is 12.5 Å². The van der Waals surface area contributed by atoms with Crippen LogP contribution in [0.4, 0.5) is 5.82 Å². The summed E-state index contributed by atoms with van der Waals surface area (Å²) in [6, 6.07) is 19.0. The van der Waals surface area contributed by atoms with Crippen molar-refractivity contribution in [3.63, 3.8) is 0 Å². The van der Waals surface area contributed by atoms with Gasteiger partial charge in [0.05, 0.1) is 19.4 Å². The van der Waals surface area contributed by atoms with Crippen LogP contribution in [0.25, 0.3) is 11.3 Å². The summed E-state index contributed by atoms with van der Waals surface area (Å²) in [5.74, 6) is 3.02. The Morgan fingerprint density at radius 2 is 1.45 bits per heavy atom. The normalized spacial score (nSPS) is 13.5. The van der Waals surface area contributed by atoms with Crippen LogP contribution in [0.5, 0.6) is 17.2 Å². The molecule has 1 saturated heterocycles. The summed E-state index contributed by atoms with van der Waals surface area (Å²) in [7, 11) is 1.61. The number of methoxy groups -OCH3 is 1. The predicted octanol–water partition coefficient (Wildman–Crippen LogP) is 3.28. The van der Waals surface area contributed by atoms with Crippen molar-refractivity contribution in [3.8, 4) is 28.5 Å². The van der Waals surface area contributed by atoms with Crippen LogP contribution >= 0.6 is 0 Å². The molecule has 3 aromatic rings. The van der Waals surface area contributed by atoms with E-state index in [2.05, 4.69) is 15.1 Å². The maximum absolute atomic E-state index is 12.5. The van der Waals surface area contributed by atoms with Crippen LogP contribution in [0.3, 0.4) is 0 Å². The first-order valence-electron chi connectivity index (χ1n) is 11.0. The van der Waals surface area contributed by atoms with Crippen molar-refractivity contribution < 1.29 is 19.0 Å². The van der Waals surface area contributed by atoms with E-state index in [9.17, 15) is 4.79 Å². The lowest BCUT2D eigenvalue weighted by Gasteiger charge is -2.35. The molecule has 172 valence electrons. The van der Waals surface area contributed by atoms with Crippen LogP contribution in [0, 0.1) is 0 Å². The second-order valence-electron chi connectivity index (χ2n) is 7.57. The molecule has 0 radical (unpaired) electrons. The van der Waals surface area contributed by atoms with Gasteiger partial charge in [-0.05, 0) is 67.6 Å². The number of benzene rings is 2. The molecule has 0 unspecified atom stereocenters. The summed E-state index contributed by atoms with van der Waals surface area (Å²) in [5, 5.41) is 8.79. The van der Waals surface area contributed by atoms with Crippen molar-refractivity contribution in [2.24, 2.45) is 0 Å². The number of hydrogen-bond donors (Lipinski definition) is 0. The molecule has 4 rings (SSSR count). The number of carbonyl (C=O) groups is 1. The predicted molar refractivity (Wildman–Crippen MR) is 126 cm³/mol. The Labute approximate surface area is 193 Å². The molecule has 33 heavy (non-hydrogen) atoms. The number of amides is 1. The topological polar surface area (TPSA) is 77.0 Å². The zero-order valence-electron chi connectivity index (χ0n) is 18.9. The molecule has 8 nitrogen and oxygen atoms in total. The third kappa shape index (κ3) is 5.71. The molecule has 0 bridgehead atoms. The number of anilines is 1. The smallest absolute Gasteiger partial charge is 0.260 e. The third-order valence-electron chi connectivity index (χ3n) is 5.49. The molecule has 0 spiro atoms. The lowest BCUT2D eigenvalue weighted by Crippen LogP contribution is -2.50. The minimum absolute atomic E-state index is 0.0168. The average molecular weight is 449 g/mol. The summed E-state index contributed by atoms with van der Waals surface area (Å²) in [6.45, 7) is 5.26. The van der Waals surface area contributed by atoms with E-state index >= 15 is 0 Å². The van der Waals surface area contributed by atoms with Crippen LogP contribution in [0.15, 0.2) is 60.7 Å². The third-order valence-corrected chi connectivity index (χ3v) is 5.49. The van der Waals surface area contributed by atoms with E-state index in [4.69, 9.17) is 14.2 Å². The molecule has 0 aliphatic carbocycles. The zero-order chi connectivity index (χ0) is 23.0. The fourth-order valence-electron chi connectivity index (χ4n) is 3.63. The fraction of sp³-hybridized carbons (Fsp3) is 0.320. The van der Waals surface area contributed by atoms with Crippen molar-refractivity contribution in [3.05, 3.63) is 60.7 Å². The highest BCUT2D eigenvalue weighted by atomic mass is 16.5. The summed E-state index contributed by atoms with van der Waals surface area (Å²) in [5.41, 5.74) is 1.80. The van der Waals surface area contributed by atoms with Crippen molar-refractivity contribution >= 4 is 11.7 Å². The van der Waals surface area contributed by atoms with Crippen LogP contribution < -0.4 is 19.1 Å². The molecule has 1 aliphatic rings. The Morgan fingerprint density at radius 1 is 0.818 bits per heavy atom. The van der Waals surface area contributed by atoms with Crippen LogP contribution in [0.1, 0.15) is 6.92 Å². The first-order valence-corrected chi connectivity index (χ1v) is 11.0. The lowest BCUT2D eigenvalue weighted by atomic mass is 10.1. The quantitative estimate of drug-likeness (QED) is 0.523. The standard InChI is InChI=1S/C25H28N4O4/c1-3-32-21-6-4-19(5-7-21)23-12-13-24(27-26-23)28-14-16-29(17-15-28)25(30)18-33-22-10-8-20(31-2)9-11-22/h4-13H,3,14-18H2,1-2H3. The molecule has 1 aromatic heterocycles. The van der Waals surface area contributed by atoms with Crippen LogP contribution in [-0.4, -0.2) is 67.5 Å². The molecule has 2 aromatic carbocycles. The van der Waals surface area contributed by atoms with Crippen LogP contribution in [0.2, 0.25) is 0 Å². The summed E-state index contributed by atoms with van der Waals surface area (Å²) >= 11 is 0. The second kappa shape index (κ2) is 10.7. The molecule has 2 heterocycles. The SMILES string of the molecule is CCOc1ccc(-c2ccc(N3CCN(C(=O)COc4ccc(OC)cc4)CC3)nn2)cc1. The monoisotopic (exact) mass is 448 g/mol. The maximum Gasteiger partial charge on any atom is 0.260 e. The van der Waals surface area contributed by atoms with Gasteiger partial charge in [0.15, 0.2) is 12.4 Å². The summed E-state index contributed by atoms with van der Waals surface area (Å²) in [4.78, 5) is 16.5. The summed E-state index contributed by atoms with van der Waals surface area (Å²) < 4.78 is 16.2. The Morgan fingerprint density at radius 3 is 2.06 bits per heavy atom. The van der Waals surface area contributed by atoms with Crippen LogP contribution in [-0.2, 0) is 4.79 Å². The first-order chi connectivity index (χ1) is 16.2. The second-order valence-corrected chi connectivity index (χ2v) is 7.57. The zero-order valence-corrected chi connectivity index (χ0v) is 18.9. The number of ether oxygens (including phenoxy) is 3. The number of rotatable bonds is 8. The Balaban J connectivity index is 1.27. The molecule has 0 saturated carbocycles. The van der Waals surface area contributed by atoms with Crippen molar-refractivity contribution in [1.82, 2.24) is 15.1 Å². The minimum atomic E-state index is -0.0256. The van der Waals surface area contributed by atoms with Gasteiger partial charge >= 0.3 is 0 Å². The van der Waals surface area contributed by atoms with E-state index in [0.717, 1.165) is 28.6 Å². The highest BCUT2D eigenvalue weighted by Crippen LogP contribution is 2.22. The molecule has 0 atom stereocenters. The van der Waals surface area contributed by atoms with Gasteiger partial charge in [0, 0.05) is 31.7 Å². The molecule has 1 fully saturated rings. The highest BCUT2D eigenvalue weighted by molar-refractivity contribution is 5.78. The van der Waals surface area contributed by atoms with Gasteiger partial charge in [0.2, 0.25) is 0 Å². The number of carbonyl (C=O) groups excluding carboxylic acids is 1. The van der Waals surface area contributed by atoms with Gasteiger partial charge in [-0.2, -0.15) is 0 Å². The van der Waals surface area contributed by atoms with Crippen molar-refractivity contribution in [2.75, 3.05) is 51.4 Å². The lowest BCUT2D eigenvalue weighted by molar-refractivity contribution is -0.133. The van der Waals surface area contributed by atoms with E-state index in [1.54, 1.807) is 31.4 Å². The Kier molecular flexibility index (Phi) is 7.24. The van der Waals surface area contributed by atoms with Gasteiger partial charge in [-0.3, -0.25) is 4.79 Å². The van der Waals surface area contributed by atoms with E-state index in [1.165, 1.54) is 0 Å². The minimum Gasteiger partial charge on any atom is -0.497 e. The fourth-order valence-corrected chi connectivity index (χ4v) is 3.63. The molecular weight excluding hydrogens is 420 g/mol. The van der Waals surface area contributed by atoms with E-state index in [1.807, 2.05) is 48.2 Å². The number of aromatic nitrogens is 2. The van der Waals surface area contributed by atoms with Gasteiger partial charge in [0.25, 0.3) is 5.91 Å². The van der Waals surface area contributed by atoms with Gasteiger partial charge in [0.1, 0.15) is 17.2 Å². The Bertz CT molecular complexity index is 1030. The van der Waals surface area contributed by atoms with Crippen molar-refractivity contribution in [2.45, 2.75) is 6.92 Å². The maximum atomic E-state index is 12.5. The summed E-state index contributed by atoms with van der Waals surface area (Å²) in [6.07, 6.45) is 0. The van der Waals surface area contributed by atoms with Gasteiger partial charge in [-0.1, -0.05) is 0 Å². The Hall–Kier alpha value is -3.81. The van der Waals surface area contributed by atoms with Gasteiger partial charge in [-0.15, -0.1) is 10.2 Å². The van der Waals surface area contributed by atoms with Gasteiger partial charge in [-0.25, -0.2) is 0 Å². The van der Waals surface area contributed by atoms with Crippen molar-refractivity contribution in [1.29, 1.82) is 0 Å². The number of hydrogen-bond acceptors (Lipinski definition) is 7. The number of piperazine rings is 1. The van der Waals surface area contributed by atoms with E-state index < -0.39 is 0 Å². The average Bonchev–Trinajstić information content (AvgIpc) is 2.88. The largest absolute Gasteiger partial charge is 0.497 e. The van der Waals surface area contributed by atoms with Gasteiger partial charge < -0.3 is 24.0 Å². The first kappa shape index (κ1) is 22.4.